The van der Waals surface area contributed by atoms with Crippen molar-refractivity contribution in [2.75, 3.05) is 13.2 Å². The molecule has 1 aliphatic rings. The van der Waals surface area contributed by atoms with Crippen molar-refractivity contribution in [2.24, 2.45) is 0 Å². The maximum absolute atomic E-state index is 11.1. The standard InChI is InChI=1S/C14H26O4/c1-2-17-14(16)6-4-3-5-11-18-13-9-7-12(15)8-10-13/h12-13,15H,2-11H2,1H3. The van der Waals surface area contributed by atoms with Crippen molar-refractivity contribution in [3.8, 4) is 0 Å². The van der Waals surface area contributed by atoms with Crippen molar-refractivity contribution in [2.45, 2.75) is 70.5 Å². The average molecular weight is 258 g/mol. The number of carbonyl (C=O) groups excluding carboxylic acids is 1. The molecule has 0 aliphatic heterocycles. The fraction of sp³-hybridized carbons (Fsp3) is 0.929. The molecule has 0 atom stereocenters. The second kappa shape index (κ2) is 9.34. The molecule has 1 saturated carbocycles. The van der Waals surface area contributed by atoms with Gasteiger partial charge in [-0.3, -0.25) is 4.79 Å². The Kier molecular flexibility index (Phi) is 8.01. The maximum Gasteiger partial charge on any atom is 0.305 e. The van der Waals surface area contributed by atoms with Crippen LogP contribution in [0.15, 0.2) is 0 Å². The predicted molar refractivity (Wildman–Crippen MR) is 69.3 cm³/mol. The zero-order valence-corrected chi connectivity index (χ0v) is 11.4. The fourth-order valence-electron chi connectivity index (χ4n) is 2.24. The first-order chi connectivity index (χ1) is 8.72. The van der Waals surface area contributed by atoms with Crippen LogP contribution < -0.4 is 0 Å². The van der Waals surface area contributed by atoms with Crippen molar-refractivity contribution in [3.63, 3.8) is 0 Å². The van der Waals surface area contributed by atoms with E-state index in [1.54, 1.807) is 0 Å². The quantitative estimate of drug-likeness (QED) is 0.536. The van der Waals surface area contributed by atoms with E-state index < -0.39 is 0 Å². The third-order valence-electron chi connectivity index (χ3n) is 3.33. The molecule has 4 nitrogen and oxygen atoms in total. The van der Waals surface area contributed by atoms with Crippen LogP contribution in [-0.2, 0) is 14.3 Å². The Balaban J connectivity index is 1.88. The lowest BCUT2D eigenvalue weighted by molar-refractivity contribution is -0.143. The SMILES string of the molecule is CCOC(=O)CCCCCOC1CCC(O)CC1. The molecule has 0 saturated heterocycles. The van der Waals surface area contributed by atoms with Gasteiger partial charge in [0.2, 0.25) is 0 Å². The minimum Gasteiger partial charge on any atom is -0.466 e. The smallest absolute Gasteiger partial charge is 0.305 e. The number of rotatable bonds is 8. The van der Waals surface area contributed by atoms with E-state index in [-0.39, 0.29) is 12.1 Å². The van der Waals surface area contributed by atoms with Gasteiger partial charge in [0, 0.05) is 13.0 Å². The molecule has 0 spiro atoms. The van der Waals surface area contributed by atoms with Crippen LogP contribution in [0.25, 0.3) is 0 Å². The predicted octanol–water partition coefficient (Wildman–Crippen LogP) is 2.43. The molecule has 0 heterocycles. The van der Waals surface area contributed by atoms with Crippen LogP contribution in [0.1, 0.15) is 58.3 Å². The van der Waals surface area contributed by atoms with Gasteiger partial charge in [0.15, 0.2) is 0 Å². The Hall–Kier alpha value is -0.610. The summed E-state index contributed by atoms with van der Waals surface area (Å²) in [5.74, 6) is -0.0975. The summed E-state index contributed by atoms with van der Waals surface area (Å²) in [6, 6.07) is 0. The summed E-state index contributed by atoms with van der Waals surface area (Å²) < 4.78 is 10.6. The van der Waals surface area contributed by atoms with E-state index in [1.807, 2.05) is 6.92 Å². The fourth-order valence-corrected chi connectivity index (χ4v) is 2.24. The van der Waals surface area contributed by atoms with Gasteiger partial charge in [0.25, 0.3) is 0 Å². The van der Waals surface area contributed by atoms with Crippen LogP contribution in [0.5, 0.6) is 0 Å². The van der Waals surface area contributed by atoms with Gasteiger partial charge in [-0.2, -0.15) is 0 Å². The molecule has 1 fully saturated rings. The van der Waals surface area contributed by atoms with Crippen LogP contribution >= 0.6 is 0 Å². The van der Waals surface area contributed by atoms with Gasteiger partial charge in [-0.15, -0.1) is 0 Å². The second-order valence-electron chi connectivity index (χ2n) is 4.92. The highest BCUT2D eigenvalue weighted by atomic mass is 16.5. The van der Waals surface area contributed by atoms with E-state index in [2.05, 4.69) is 0 Å². The number of esters is 1. The van der Waals surface area contributed by atoms with E-state index in [1.165, 1.54) is 0 Å². The largest absolute Gasteiger partial charge is 0.466 e. The molecule has 18 heavy (non-hydrogen) atoms. The molecule has 1 rings (SSSR count). The summed E-state index contributed by atoms with van der Waals surface area (Å²) in [6.07, 6.45) is 7.31. The zero-order chi connectivity index (χ0) is 13.2. The molecule has 106 valence electrons. The molecule has 0 aromatic heterocycles. The summed E-state index contributed by atoms with van der Waals surface area (Å²) in [5.41, 5.74) is 0. The molecule has 0 unspecified atom stereocenters. The third kappa shape index (κ3) is 6.97. The number of aliphatic hydroxyl groups is 1. The third-order valence-corrected chi connectivity index (χ3v) is 3.33. The van der Waals surface area contributed by atoms with Gasteiger partial charge < -0.3 is 14.6 Å². The van der Waals surface area contributed by atoms with Gasteiger partial charge in [-0.1, -0.05) is 6.42 Å². The summed E-state index contributed by atoms with van der Waals surface area (Å²) in [4.78, 5) is 11.1. The minimum atomic E-state index is -0.116. The number of hydrogen-bond donors (Lipinski definition) is 1. The lowest BCUT2D eigenvalue weighted by atomic mass is 9.95. The number of ether oxygens (including phenoxy) is 2. The first-order valence-electron chi connectivity index (χ1n) is 7.17. The molecule has 1 aliphatic carbocycles. The summed E-state index contributed by atoms with van der Waals surface area (Å²) in [7, 11) is 0. The molecule has 1 N–H and O–H groups in total. The molecular weight excluding hydrogens is 232 g/mol. The topological polar surface area (TPSA) is 55.8 Å². The van der Waals surface area contributed by atoms with E-state index in [9.17, 15) is 9.90 Å². The van der Waals surface area contributed by atoms with Gasteiger partial charge in [0.05, 0.1) is 18.8 Å². The van der Waals surface area contributed by atoms with Gasteiger partial charge >= 0.3 is 5.97 Å². The summed E-state index contributed by atoms with van der Waals surface area (Å²) in [6.45, 7) is 3.06. The number of hydrogen-bond acceptors (Lipinski definition) is 4. The first-order valence-corrected chi connectivity index (χ1v) is 7.17. The van der Waals surface area contributed by atoms with Crippen LogP contribution in [0, 0.1) is 0 Å². The van der Waals surface area contributed by atoms with Crippen molar-refractivity contribution >= 4 is 5.97 Å². The van der Waals surface area contributed by atoms with Crippen LogP contribution in [-0.4, -0.2) is 36.5 Å². The number of carbonyl (C=O) groups is 1. The molecule has 0 radical (unpaired) electrons. The molecule has 4 heteroatoms. The summed E-state index contributed by atoms with van der Waals surface area (Å²) in [5, 5.41) is 9.36. The van der Waals surface area contributed by atoms with Crippen LogP contribution in [0.3, 0.4) is 0 Å². The van der Waals surface area contributed by atoms with E-state index in [0.29, 0.717) is 19.1 Å². The Morgan fingerprint density at radius 3 is 2.56 bits per heavy atom. The van der Waals surface area contributed by atoms with E-state index in [0.717, 1.165) is 51.6 Å². The van der Waals surface area contributed by atoms with Crippen LogP contribution in [0.2, 0.25) is 0 Å². The highest BCUT2D eigenvalue weighted by Gasteiger charge is 2.19. The summed E-state index contributed by atoms with van der Waals surface area (Å²) >= 11 is 0. The van der Waals surface area contributed by atoms with Crippen LogP contribution in [0.4, 0.5) is 0 Å². The molecule has 0 bridgehead atoms. The van der Waals surface area contributed by atoms with Gasteiger partial charge in [-0.05, 0) is 45.4 Å². The maximum atomic E-state index is 11.1. The average Bonchev–Trinajstić information content (AvgIpc) is 2.36. The lowest BCUT2D eigenvalue weighted by Crippen LogP contribution is -2.24. The van der Waals surface area contributed by atoms with Crippen molar-refractivity contribution in [3.05, 3.63) is 0 Å². The minimum absolute atomic E-state index is 0.0975. The molecular formula is C14H26O4. The highest BCUT2D eigenvalue weighted by molar-refractivity contribution is 5.69. The first kappa shape index (κ1) is 15.4. The number of unbranched alkanes of at least 4 members (excludes halogenated alkanes) is 2. The Morgan fingerprint density at radius 1 is 1.17 bits per heavy atom. The van der Waals surface area contributed by atoms with E-state index >= 15 is 0 Å². The highest BCUT2D eigenvalue weighted by Crippen LogP contribution is 2.21. The second-order valence-corrected chi connectivity index (χ2v) is 4.92. The van der Waals surface area contributed by atoms with Crippen molar-refractivity contribution in [1.29, 1.82) is 0 Å². The molecule has 0 aromatic rings. The Morgan fingerprint density at radius 2 is 1.89 bits per heavy atom. The Bertz CT molecular complexity index is 222. The number of aliphatic hydroxyl groups excluding tert-OH is 1. The molecule has 0 aromatic carbocycles. The lowest BCUT2D eigenvalue weighted by Gasteiger charge is -2.25. The van der Waals surface area contributed by atoms with Crippen molar-refractivity contribution in [1.82, 2.24) is 0 Å². The van der Waals surface area contributed by atoms with Crippen molar-refractivity contribution < 1.29 is 19.4 Å². The Labute approximate surface area is 110 Å². The normalized spacial score (nSPS) is 23.9. The molecule has 0 amide bonds. The zero-order valence-electron chi connectivity index (χ0n) is 11.4. The van der Waals surface area contributed by atoms with Gasteiger partial charge in [0.1, 0.15) is 0 Å². The van der Waals surface area contributed by atoms with Gasteiger partial charge in [-0.25, -0.2) is 0 Å². The van der Waals surface area contributed by atoms with E-state index in [4.69, 9.17) is 9.47 Å². The monoisotopic (exact) mass is 258 g/mol.